The number of hydrogen-bond acceptors (Lipinski definition) is 3. The molecule has 0 fully saturated rings. The van der Waals surface area contributed by atoms with Gasteiger partial charge in [-0.1, -0.05) is 12.1 Å². The van der Waals surface area contributed by atoms with Crippen LogP contribution in [0.5, 0.6) is 0 Å². The third-order valence-electron chi connectivity index (χ3n) is 1.82. The number of nitrogens with one attached hydrogen (secondary N) is 1. The van der Waals surface area contributed by atoms with Crippen molar-refractivity contribution in [1.82, 2.24) is 5.32 Å². The van der Waals surface area contributed by atoms with Crippen molar-refractivity contribution in [2.45, 2.75) is 11.4 Å². The van der Waals surface area contributed by atoms with Crippen LogP contribution in [-0.4, -0.2) is 19.8 Å². The Morgan fingerprint density at radius 2 is 1.88 bits per heavy atom. The van der Waals surface area contributed by atoms with Gasteiger partial charge in [-0.2, -0.15) is 0 Å². The molecular formula is C9H13BrN2O2S2. The Balaban J connectivity index is 0.00000225. The molecular weight excluding hydrogens is 312 g/mol. The lowest BCUT2D eigenvalue weighted by molar-refractivity contribution is 0.602. The fourth-order valence-electron chi connectivity index (χ4n) is 1.04. The molecule has 3 N–H and O–H groups in total. The Morgan fingerprint density at radius 3 is 2.25 bits per heavy atom. The lowest BCUT2D eigenvalue weighted by Gasteiger charge is -2.04. The van der Waals surface area contributed by atoms with E-state index < -0.39 is 9.84 Å². The van der Waals surface area contributed by atoms with Crippen LogP contribution in [0.2, 0.25) is 0 Å². The second-order valence-electron chi connectivity index (χ2n) is 3.13. The van der Waals surface area contributed by atoms with E-state index in [2.05, 4.69) is 17.5 Å². The Labute approximate surface area is 111 Å². The van der Waals surface area contributed by atoms with Crippen molar-refractivity contribution in [3.63, 3.8) is 0 Å². The van der Waals surface area contributed by atoms with Crippen molar-refractivity contribution in [2.24, 2.45) is 5.73 Å². The van der Waals surface area contributed by atoms with Crippen LogP contribution in [-0.2, 0) is 16.4 Å². The first-order valence-electron chi connectivity index (χ1n) is 4.22. The zero-order valence-corrected chi connectivity index (χ0v) is 12.0. The van der Waals surface area contributed by atoms with E-state index in [1.54, 1.807) is 24.3 Å². The minimum absolute atomic E-state index is 0. The highest BCUT2D eigenvalue weighted by Crippen LogP contribution is 2.09. The normalized spacial score (nSPS) is 10.3. The van der Waals surface area contributed by atoms with Gasteiger partial charge in [0.05, 0.1) is 4.90 Å². The maximum absolute atomic E-state index is 11.2. The van der Waals surface area contributed by atoms with E-state index in [9.17, 15) is 8.42 Å². The van der Waals surface area contributed by atoms with Crippen molar-refractivity contribution >= 4 is 44.1 Å². The predicted molar refractivity (Wildman–Crippen MR) is 73.5 cm³/mol. The summed E-state index contributed by atoms with van der Waals surface area (Å²) in [5.41, 5.74) is 6.19. The molecule has 0 aromatic heterocycles. The number of thiocarbonyl (C=S) groups is 1. The molecule has 0 spiro atoms. The molecule has 0 heterocycles. The third kappa shape index (κ3) is 4.91. The van der Waals surface area contributed by atoms with Gasteiger partial charge in [-0.15, -0.1) is 17.0 Å². The maximum Gasteiger partial charge on any atom is 0.175 e. The van der Waals surface area contributed by atoms with Crippen molar-refractivity contribution in [2.75, 3.05) is 6.26 Å². The van der Waals surface area contributed by atoms with Gasteiger partial charge in [0.25, 0.3) is 0 Å². The molecule has 0 atom stereocenters. The fourth-order valence-corrected chi connectivity index (χ4v) is 1.75. The summed E-state index contributed by atoms with van der Waals surface area (Å²) in [6.45, 7) is 0.499. The number of rotatable bonds is 3. The fraction of sp³-hybridized carbons (Fsp3) is 0.222. The van der Waals surface area contributed by atoms with Crippen LogP contribution in [0.1, 0.15) is 5.56 Å². The second-order valence-corrected chi connectivity index (χ2v) is 5.59. The highest BCUT2D eigenvalue weighted by atomic mass is 79.9. The van der Waals surface area contributed by atoms with Crippen molar-refractivity contribution in [3.05, 3.63) is 29.8 Å². The molecule has 0 bridgehead atoms. The lowest BCUT2D eigenvalue weighted by atomic mass is 10.2. The van der Waals surface area contributed by atoms with Gasteiger partial charge in [0.2, 0.25) is 0 Å². The molecule has 0 aliphatic heterocycles. The highest BCUT2D eigenvalue weighted by Gasteiger charge is 2.05. The van der Waals surface area contributed by atoms with E-state index >= 15 is 0 Å². The molecule has 1 aromatic carbocycles. The van der Waals surface area contributed by atoms with Crippen LogP contribution in [0.4, 0.5) is 0 Å². The average molecular weight is 325 g/mol. The van der Waals surface area contributed by atoms with Crippen LogP contribution in [0.3, 0.4) is 0 Å². The SMILES string of the molecule is Br.CS(=O)(=O)c1ccc(CNC(N)=S)cc1. The smallest absolute Gasteiger partial charge is 0.175 e. The molecule has 4 nitrogen and oxygen atoms in total. The zero-order valence-electron chi connectivity index (χ0n) is 8.64. The zero-order chi connectivity index (χ0) is 11.5. The maximum atomic E-state index is 11.2. The van der Waals surface area contributed by atoms with Crippen LogP contribution < -0.4 is 11.1 Å². The number of halogens is 1. The summed E-state index contributed by atoms with van der Waals surface area (Å²) in [5, 5.41) is 3.00. The molecule has 90 valence electrons. The molecule has 1 rings (SSSR count). The van der Waals surface area contributed by atoms with Crippen LogP contribution in [0, 0.1) is 0 Å². The first-order valence-corrected chi connectivity index (χ1v) is 6.52. The Kier molecular flexibility index (Phi) is 5.91. The van der Waals surface area contributed by atoms with Gasteiger partial charge in [0, 0.05) is 12.8 Å². The van der Waals surface area contributed by atoms with Crippen molar-refractivity contribution in [1.29, 1.82) is 0 Å². The summed E-state index contributed by atoms with van der Waals surface area (Å²) < 4.78 is 22.3. The van der Waals surface area contributed by atoms with Crippen molar-refractivity contribution < 1.29 is 8.42 Å². The van der Waals surface area contributed by atoms with Gasteiger partial charge < -0.3 is 11.1 Å². The molecule has 0 aliphatic carbocycles. The lowest BCUT2D eigenvalue weighted by Crippen LogP contribution is -2.28. The molecule has 0 saturated carbocycles. The van der Waals surface area contributed by atoms with Gasteiger partial charge in [-0.3, -0.25) is 0 Å². The van der Waals surface area contributed by atoms with Crippen molar-refractivity contribution in [3.8, 4) is 0 Å². The number of nitrogens with two attached hydrogens (primary N) is 1. The first-order chi connectivity index (χ1) is 6.89. The molecule has 0 unspecified atom stereocenters. The van der Waals surface area contributed by atoms with E-state index in [1.807, 2.05) is 0 Å². The van der Waals surface area contributed by atoms with Crippen LogP contribution in [0.25, 0.3) is 0 Å². The van der Waals surface area contributed by atoms with Gasteiger partial charge in [-0.05, 0) is 29.9 Å². The minimum Gasteiger partial charge on any atom is -0.376 e. The number of sulfone groups is 1. The standard InChI is InChI=1S/C9H12N2O2S2.BrH/c1-15(12,13)8-4-2-7(3-5-8)6-11-9(10)14;/h2-5H,6H2,1H3,(H3,10,11,14);1H. The highest BCUT2D eigenvalue weighted by molar-refractivity contribution is 8.93. The number of hydrogen-bond donors (Lipinski definition) is 2. The predicted octanol–water partition coefficient (Wildman–Crippen LogP) is 1.00. The van der Waals surface area contributed by atoms with Crippen LogP contribution >= 0.6 is 29.2 Å². The molecule has 0 aliphatic rings. The first kappa shape index (κ1) is 15.3. The van der Waals surface area contributed by atoms with E-state index in [4.69, 9.17) is 5.73 Å². The third-order valence-corrected chi connectivity index (χ3v) is 3.09. The Morgan fingerprint density at radius 1 is 1.38 bits per heavy atom. The van der Waals surface area contributed by atoms with Gasteiger partial charge >= 0.3 is 0 Å². The summed E-state index contributed by atoms with van der Waals surface area (Å²) >= 11 is 4.65. The second kappa shape index (κ2) is 6.17. The molecule has 0 amide bonds. The van der Waals surface area contributed by atoms with Gasteiger partial charge in [0.1, 0.15) is 0 Å². The van der Waals surface area contributed by atoms with E-state index in [1.165, 1.54) is 6.26 Å². The Bertz CT molecular complexity index is 457. The summed E-state index contributed by atoms with van der Waals surface area (Å²) in [4.78, 5) is 0.307. The molecule has 16 heavy (non-hydrogen) atoms. The molecule has 7 heteroatoms. The van der Waals surface area contributed by atoms with E-state index in [0.717, 1.165) is 5.56 Å². The van der Waals surface area contributed by atoms with Gasteiger partial charge in [0.15, 0.2) is 14.9 Å². The summed E-state index contributed by atoms with van der Waals surface area (Å²) in [6.07, 6.45) is 1.18. The summed E-state index contributed by atoms with van der Waals surface area (Å²) in [5.74, 6) is 0. The summed E-state index contributed by atoms with van der Waals surface area (Å²) in [6, 6.07) is 6.57. The van der Waals surface area contributed by atoms with E-state index in [0.29, 0.717) is 11.4 Å². The molecule has 1 aromatic rings. The summed E-state index contributed by atoms with van der Waals surface area (Å²) in [7, 11) is -3.12. The monoisotopic (exact) mass is 324 g/mol. The van der Waals surface area contributed by atoms with E-state index in [-0.39, 0.29) is 22.1 Å². The van der Waals surface area contributed by atoms with Crippen LogP contribution in [0.15, 0.2) is 29.2 Å². The average Bonchev–Trinajstić information content (AvgIpc) is 2.14. The number of benzene rings is 1. The quantitative estimate of drug-likeness (QED) is 0.812. The largest absolute Gasteiger partial charge is 0.376 e. The Hall–Kier alpha value is -0.660. The van der Waals surface area contributed by atoms with Gasteiger partial charge in [-0.25, -0.2) is 8.42 Å². The minimum atomic E-state index is -3.12. The topological polar surface area (TPSA) is 72.2 Å². The molecule has 0 radical (unpaired) electrons. The molecule has 0 saturated heterocycles.